The summed E-state index contributed by atoms with van der Waals surface area (Å²) in [6.45, 7) is 3.75. The summed E-state index contributed by atoms with van der Waals surface area (Å²) in [5, 5.41) is 10.7. The second-order valence-electron chi connectivity index (χ2n) is 3.32. The Kier molecular flexibility index (Phi) is 4.60. The second-order valence-corrected chi connectivity index (χ2v) is 4.36. The second kappa shape index (κ2) is 4.79. The molecule has 0 fully saturated rings. The minimum absolute atomic E-state index is 0. The zero-order valence-corrected chi connectivity index (χ0v) is 10.4. The third kappa shape index (κ3) is 3.67. The van der Waals surface area contributed by atoms with Gasteiger partial charge in [0, 0.05) is 6.42 Å². The first-order chi connectivity index (χ1) is 5.91. The van der Waals surface area contributed by atoms with Crippen LogP contribution in [0, 0.1) is 5.41 Å². The van der Waals surface area contributed by atoms with E-state index in [-0.39, 0.29) is 22.6 Å². The Morgan fingerprint density at radius 2 is 2.29 bits per heavy atom. The molecular weight excluding hydrogens is 270 g/mol. The van der Waals surface area contributed by atoms with Crippen LogP contribution in [0.4, 0.5) is 0 Å². The number of amidine groups is 1. The Bertz CT molecular complexity index is 291. The number of halogens is 1. The standard InChI is InChI=1S/C7H11N3O2S.BrH/c1-7(2)3-4(10-12-7)13-6(11)5(8)9;/h3H2,1-2H3,(H3,8,9);1H. The largest absolute Gasteiger partial charge is 0.389 e. The number of hydrogen-bond donors (Lipinski definition) is 2. The SMILES string of the molecule is Br.CC1(C)CC(SC(=O)C(=N)N)=NO1. The maximum absolute atomic E-state index is 11.0. The molecule has 0 aromatic heterocycles. The lowest BCUT2D eigenvalue weighted by Crippen LogP contribution is -2.22. The minimum Gasteiger partial charge on any atom is -0.389 e. The van der Waals surface area contributed by atoms with Gasteiger partial charge in [-0.2, -0.15) is 0 Å². The lowest BCUT2D eigenvalue weighted by Gasteiger charge is -2.12. The fourth-order valence-electron chi connectivity index (χ4n) is 0.820. The summed E-state index contributed by atoms with van der Waals surface area (Å²) < 4.78 is 0. The van der Waals surface area contributed by atoms with Crippen LogP contribution in [-0.4, -0.2) is 21.6 Å². The average Bonchev–Trinajstić information content (AvgIpc) is 2.30. The summed E-state index contributed by atoms with van der Waals surface area (Å²) in [5.41, 5.74) is 4.65. The van der Waals surface area contributed by atoms with Gasteiger partial charge in [0.15, 0.2) is 5.84 Å². The Balaban J connectivity index is 0.00000169. The van der Waals surface area contributed by atoms with Crippen LogP contribution in [0.1, 0.15) is 20.3 Å². The highest BCUT2D eigenvalue weighted by Crippen LogP contribution is 2.27. The first-order valence-corrected chi connectivity index (χ1v) is 4.53. The van der Waals surface area contributed by atoms with Crippen LogP contribution in [0.5, 0.6) is 0 Å². The normalized spacial score (nSPS) is 17.7. The van der Waals surface area contributed by atoms with E-state index in [1.165, 1.54) is 0 Å². The minimum atomic E-state index is -0.486. The van der Waals surface area contributed by atoms with Crippen molar-refractivity contribution in [2.75, 3.05) is 0 Å². The van der Waals surface area contributed by atoms with Crippen molar-refractivity contribution < 1.29 is 9.63 Å². The van der Waals surface area contributed by atoms with E-state index in [1.54, 1.807) is 0 Å². The summed E-state index contributed by atoms with van der Waals surface area (Å²) in [6.07, 6.45) is 0.580. The van der Waals surface area contributed by atoms with E-state index in [4.69, 9.17) is 16.0 Å². The van der Waals surface area contributed by atoms with E-state index >= 15 is 0 Å². The quantitative estimate of drug-likeness (QED) is 0.517. The van der Waals surface area contributed by atoms with Crippen LogP contribution in [0.15, 0.2) is 5.16 Å². The molecule has 0 radical (unpaired) electrons. The zero-order valence-electron chi connectivity index (χ0n) is 7.86. The van der Waals surface area contributed by atoms with Crippen molar-refractivity contribution in [1.82, 2.24) is 0 Å². The van der Waals surface area contributed by atoms with Crippen LogP contribution < -0.4 is 5.73 Å². The molecule has 0 unspecified atom stereocenters. The van der Waals surface area contributed by atoms with Crippen molar-refractivity contribution in [3.8, 4) is 0 Å². The molecule has 0 aromatic carbocycles. The molecule has 1 rings (SSSR count). The molecule has 1 aliphatic rings. The summed E-state index contributed by atoms with van der Waals surface area (Å²) in [6, 6.07) is 0. The van der Waals surface area contributed by atoms with Crippen LogP contribution in [0.3, 0.4) is 0 Å². The van der Waals surface area contributed by atoms with Gasteiger partial charge in [0.1, 0.15) is 10.6 Å². The topological polar surface area (TPSA) is 88.5 Å². The highest BCUT2D eigenvalue weighted by atomic mass is 79.9. The van der Waals surface area contributed by atoms with Crippen LogP contribution in [0.2, 0.25) is 0 Å². The van der Waals surface area contributed by atoms with Crippen molar-refractivity contribution in [3.63, 3.8) is 0 Å². The zero-order chi connectivity index (χ0) is 10.1. The molecule has 14 heavy (non-hydrogen) atoms. The highest BCUT2D eigenvalue weighted by Gasteiger charge is 2.30. The summed E-state index contributed by atoms with van der Waals surface area (Å²) >= 11 is 0.854. The maximum Gasteiger partial charge on any atom is 0.259 e. The molecular formula is C7H12BrN3O2S. The smallest absolute Gasteiger partial charge is 0.259 e. The molecule has 0 saturated heterocycles. The number of nitrogens with one attached hydrogen (secondary N) is 1. The molecule has 1 heterocycles. The number of thioether (sulfide) groups is 1. The van der Waals surface area contributed by atoms with Gasteiger partial charge in [-0.05, 0) is 25.6 Å². The number of carbonyl (C=O) groups excluding carboxylic acids is 1. The highest BCUT2D eigenvalue weighted by molar-refractivity contribution is 8.93. The van der Waals surface area contributed by atoms with E-state index in [2.05, 4.69) is 5.16 Å². The molecule has 0 bridgehead atoms. The van der Waals surface area contributed by atoms with Gasteiger partial charge in [-0.15, -0.1) is 17.0 Å². The van der Waals surface area contributed by atoms with E-state index in [9.17, 15) is 4.79 Å². The van der Waals surface area contributed by atoms with Gasteiger partial charge in [0.2, 0.25) is 0 Å². The molecule has 0 aromatic rings. The fraction of sp³-hybridized carbons (Fsp3) is 0.571. The van der Waals surface area contributed by atoms with Crippen LogP contribution in [0.25, 0.3) is 0 Å². The monoisotopic (exact) mass is 281 g/mol. The van der Waals surface area contributed by atoms with Crippen LogP contribution in [-0.2, 0) is 9.63 Å². The summed E-state index contributed by atoms with van der Waals surface area (Å²) in [5.74, 6) is -0.461. The number of nitrogens with two attached hydrogens (primary N) is 1. The first kappa shape index (κ1) is 13.4. The van der Waals surface area contributed by atoms with Crippen molar-refractivity contribution in [2.45, 2.75) is 25.9 Å². The predicted molar refractivity (Wildman–Crippen MR) is 62.1 cm³/mol. The molecule has 0 aliphatic carbocycles. The molecule has 7 heteroatoms. The molecule has 0 amide bonds. The van der Waals surface area contributed by atoms with Crippen molar-refractivity contribution in [2.24, 2.45) is 10.9 Å². The maximum atomic E-state index is 11.0. The van der Waals surface area contributed by atoms with Gasteiger partial charge in [0.05, 0.1) is 0 Å². The summed E-state index contributed by atoms with van der Waals surface area (Å²) in [4.78, 5) is 16.0. The number of oxime groups is 1. The van der Waals surface area contributed by atoms with E-state index in [0.717, 1.165) is 11.8 Å². The third-order valence-electron chi connectivity index (χ3n) is 1.40. The number of carbonyl (C=O) groups is 1. The van der Waals surface area contributed by atoms with Crippen molar-refractivity contribution in [1.29, 1.82) is 5.41 Å². The van der Waals surface area contributed by atoms with E-state index in [0.29, 0.717) is 11.5 Å². The lowest BCUT2D eigenvalue weighted by atomic mass is 10.1. The molecule has 0 spiro atoms. The lowest BCUT2D eigenvalue weighted by molar-refractivity contribution is -0.105. The van der Waals surface area contributed by atoms with Gasteiger partial charge in [-0.3, -0.25) is 10.2 Å². The Morgan fingerprint density at radius 1 is 1.71 bits per heavy atom. The molecule has 5 nitrogen and oxygen atoms in total. The Hall–Kier alpha value is -0.560. The van der Waals surface area contributed by atoms with Gasteiger partial charge in [-0.25, -0.2) is 0 Å². The van der Waals surface area contributed by atoms with E-state index < -0.39 is 11.0 Å². The van der Waals surface area contributed by atoms with E-state index in [1.807, 2.05) is 13.8 Å². The molecule has 0 atom stereocenters. The first-order valence-electron chi connectivity index (χ1n) is 3.72. The van der Waals surface area contributed by atoms with Crippen molar-refractivity contribution in [3.05, 3.63) is 0 Å². The van der Waals surface area contributed by atoms with Gasteiger partial charge >= 0.3 is 0 Å². The molecule has 0 saturated carbocycles. The number of rotatable bonds is 0. The molecule has 1 aliphatic heterocycles. The predicted octanol–water partition coefficient (Wildman–Crippen LogP) is 1.27. The molecule has 3 N–H and O–H groups in total. The molecule has 80 valence electrons. The van der Waals surface area contributed by atoms with Crippen molar-refractivity contribution >= 4 is 44.7 Å². The van der Waals surface area contributed by atoms with Crippen LogP contribution >= 0.6 is 28.7 Å². The fourth-order valence-corrected chi connectivity index (χ4v) is 1.64. The van der Waals surface area contributed by atoms with Gasteiger partial charge in [-0.1, -0.05) is 5.16 Å². The van der Waals surface area contributed by atoms with Gasteiger partial charge < -0.3 is 10.6 Å². The number of nitrogens with zero attached hydrogens (tertiary/aromatic N) is 1. The number of hydrogen-bond acceptors (Lipinski definition) is 5. The Labute approximate surface area is 96.7 Å². The summed E-state index contributed by atoms with van der Waals surface area (Å²) in [7, 11) is 0. The third-order valence-corrected chi connectivity index (χ3v) is 2.26. The van der Waals surface area contributed by atoms with Gasteiger partial charge in [0.25, 0.3) is 5.12 Å². The Morgan fingerprint density at radius 3 is 2.64 bits per heavy atom. The average molecular weight is 282 g/mol.